The second-order valence-corrected chi connectivity index (χ2v) is 7.31. The Balaban J connectivity index is 1.69. The van der Waals surface area contributed by atoms with E-state index >= 15 is 0 Å². The average Bonchev–Trinajstić information content (AvgIpc) is 2.96. The smallest absolute Gasteiger partial charge is 0.262 e. The summed E-state index contributed by atoms with van der Waals surface area (Å²) in [7, 11) is 3.34. The first-order valence-electron chi connectivity index (χ1n) is 9.19. The molecule has 0 saturated carbocycles. The van der Waals surface area contributed by atoms with E-state index < -0.39 is 0 Å². The van der Waals surface area contributed by atoms with Crippen molar-refractivity contribution in [1.82, 2.24) is 4.90 Å². The lowest BCUT2D eigenvalue weighted by Crippen LogP contribution is -2.23. The van der Waals surface area contributed by atoms with Crippen LogP contribution in [0.4, 0.5) is 5.69 Å². The molecule has 0 bridgehead atoms. The molecular formula is C22H24N2O4. The van der Waals surface area contributed by atoms with E-state index in [1.54, 1.807) is 44.4 Å². The Bertz CT molecular complexity index is 950. The molecule has 28 heavy (non-hydrogen) atoms. The SMILES string of the molecule is Cc1ccc(OCC(=O)Nc2cccc(C(=O)N(C)C)c2)c2c1C(C)CC2=O. The number of rotatable bonds is 5. The van der Waals surface area contributed by atoms with Crippen molar-refractivity contribution < 1.29 is 19.1 Å². The molecule has 0 radical (unpaired) electrons. The van der Waals surface area contributed by atoms with Crippen LogP contribution >= 0.6 is 0 Å². The fourth-order valence-electron chi connectivity index (χ4n) is 3.56. The number of fused-ring (bicyclic) bond motifs is 1. The minimum Gasteiger partial charge on any atom is -0.483 e. The van der Waals surface area contributed by atoms with E-state index in [-0.39, 0.29) is 30.1 Å². The molecule has 1 N–H and O–H groups in total. The number of Topliss-reactive ketones (excluding diaryl/α,β-unsaturated/α-hetero) is 1. The number of carbonyl (C=O) groups excluding carboxylic acids is 3. The third-order valence-electron chi connectivity index (χ3n) is 4.85. The summed E-state index contributed by atoms with van der Waals surface area (Å²) in [6.07, 6.45) is 0.468. The zero-order chi connectivity index (χ0) is 20.4. The van der Waals surface area contributed by atoms with Gasteiger partial charge >= 0.3 is 0 Å². The number of aryl methyl sites for hydroxylation is 1. The number of ether oxygens (including phenoxy) is 1. The zero-order valence-electron chi connectivity index (χ0n) is 16.5. The topological polar surface area (TPSA) is 75.7 Å². The van der Waals surface area contributed by atoms with Gasteiger partial charge in [-0.25, -0.2) is 0 Å². The van der Waals surface area contributed by atoms with Gasteiger partial charge in [0.05, 0.1) is 5.56 Å². The quantitative estimate of drug-likeness (QED) is 0.863. The fraction of sp³-hybridized carbons (Fsp3) is 0.318. The van der Waals surface area contributed by atoms with E-state index in [1.165, 1.54) is 4.90 Å². The monoisotopic (exact) mass is 380 g/mol. The van der Waals surface area contributed by atoms with Crippen LogP contribution in [0.3, 0.4) is 0 Å². The van der Waals surface area contributed by atoms with Gasteiger partial charge in [-0.2, -0.15) is 0 Å². The van der Waals surface area contributed by atoms with Gasteiger partial charge < -0.3 is 15.0 Å². The average molecular weight is 380 g/mol. The summed E-state index contributed by atoms with van der Waals surface area (Å²) >= 11 is 0. The molecular weight excluding hydrogens is 356 g/mol. The van der Waals surface area contributed by atoms with Crippen molar-refractivity contribution in [2.75, 3.05) is 26.0 Å². The highest BCUT2D eigenvalue weighted by molar-refractivity contribution is 6.04. The van der Waals surface area contributed by atoms with E-state index in [4.69, 9.17) is 4.74 Å². The van der Waals surface area contributed by atoms with Gasteiger partial charge in [-0.05, 0) is 48.2 Å². The van der Waals surface area contributed by atoms with Crippen molar-refractivity contribution in [2.45, 2.75) is 26.2 Å². The number of nitrogens with zero attached hydrogens (tertiary/aromatic N) is 1. The second-order valence-electron chi connectivity index (χ2n) is 7.31. The van der Waals surface area contributed by atoms with Crippen molar-refractivity contribution in [3.63, 3.8) is 0 Å². The third kappa shape index (κ3) is 3.91. The van der Waals surface area contributed by atoms with Gasteiger partial charge in [0.2, 0.25) is 0 Å². The predicted molar refractivity (Wildman–Crippen MR) is 107 cm³/mol. The standard InChI is InChI=1S/C22H24N2O4/c1-13-8-9-18(21-17(25)10-14(2)20(13)21)28-12-19(26)23-16-7-5-6-15(11-16)22(27)24(3)4/h5-9,11,14H,10,12H2,1-4H3,(H,23,26). The summed E-state index contributed by atoms with van der Waals surface area (Å²) in [5.74, 6) is 0.160. The summed E-state index contributed by atoms with van der Waals surface area (Å²) in [6.45, 7) is 3.78. The Kier molecular flexibility index (Phi) is 5.49. The van der Waals surface area contributed by atoms with E-state index in [2.05, 4.69) is 5.32 Å². The van der Waals surface area contributed by atoms with Gasteiger partial charge in [-0.15, -0.1) is 0 Å². The van der Waals surface area contributed by atoms with Crippen LogP contribution in [0.1, 0.15) is 51.1 Å². The van der Waals surface area contributed by atoms with Gasteiger partial charge in [0.25, 0.3) is 11.8 Å². The number of anilines is 1. The van der Waals surface area contributed by atoms with Gasteiger partial charge in [0, 0.05) is 31.8 Å². The molecule has 1 aliphatic rings. The van der Waals surface area contributed by atoms with Crippen molar-refractivity contribution in [3.05, 3.63) is 58.7 Å². The second kappa shape index (κ2) is 7.84. The highest BCUT2D eigenvalue weighted by Gasteiger charge is 2.31. The Morgan fingerprint density at radius 3 is 2.68 bits per heavy atom. The van der Waals surface area contributed by atoms with Crippen LogP contribution in [-0.4, -0.2) is 43.2 Å². The number of nitrogens with one attached hydrogen (secondary N) is 1. The van der Waals surface area contributed by atoms with Gasteiger partial charge in [0.1, 0.15) is 5.75 Å². The van der Waals surface area contributed by atoms with Crippen LogP contribution in [0.2, 0.25) is 0 Å². The van der Waals surface area contributed by atoms with Gasteiger partial charge in [-0.1, -0.05) is 19.1 Å². The first kappa shape index (κ1) is 19.6. The first-order valence-corrected chi connectivity index (χ1v) is 9.19. The predicted octanol–water partition coefficient (Wildman–Crippen LogP) is 3.40. The summed E-state index contributed by atoms with van der Waals surface area (Å²) in [5.41, 5.74) is 3.67. The molecule has 1 atom stereocenters. The first-order chi connectivity index (χ1) is 13.3. The number of carbonyl (C=O) groups is 3. The van der Waals surface area contributed by atoms with E-state index in [0.29, 0.717) is 29.0 Å². The molecule has 2 aromatic carbocycles. The number of hydrogen-bond acceptors (Lipinski definition) is 4. The van der Waals surface area contributed by atoms with Crippen LogP contribution in [-0.2, 0) is 4.79 Å². The molecule has 2 aromatic rings. The van der Waals surface area contributed by atoms with E-state index in [1.807, 2.05) is 19.9 Å². The highest BCUT2D eigenvalue weighted by atomic mass is 16.5. The summed E-state index contributed by atoms with van der Waals surface area (Å²) in [4.78, 5) is 38.1. The molecule has 0 spiro atoms. The maximum absolute atomic E-state index is 12.3. The van der Waals surface area contributed by atoms with E-state index in [0.717, 1.165) is 11.1 Å². The minimum absolute atomic E-state index is 0.0523. The molecule has 0 aromatic heterocycles. The molecule has 6 nitrogen and oxygen atoms in total. The third-order valence-corrected chi connectivity index (χ3v) is 4.85. The lowest BCUT2D eigenvalue weighted by molar-refractivity contribution is -0.118. The molecule has 3 rings (SSSR count). The molecule has 0 heterocycles. The maximum atomic E-state index is 12.3. The summed E-state index contributed by atoms with van der Waals surface area (Å²) in [5, 5.41) is 2.73. The van der Waals surface area contributed by atoms with Crippen molar-refractivity contribution in [3.8, 4) is 5.75 Å². The highest BCUT2D eigenvalue weighted by Crippen LogP contribution is 2.40. The van der Waals surface area contributed by atoms with Crippen LogP contribution in [0.25, 0.3) is 0 Å². The molecule has 146 valence electrons. The molecule has 0 aliphatic heterocycles. The Morgan fingerprint density at radius 2 is 1.96 bits per heavy atom. The number of amides is 2. The van der Waals surface area contributed by atoms with Crippen molar-refractivity contribution in [1.29, 1.82) is 0 Å². The van der Waals surface area contributed by atoms with Gasteiger partial charge in [0.15, 0.2) is 12.4 Å². The lowest BCUT2D eigenvalue weighted by atomic mass is 9.97. The molecule has 6 heteroatoms. The van der Waals surface area contributed by atoms with Crippen LogP contribution in [0, 0.1) is 6.92 Å². The molecule has 0 fully saturated rings. The Morgan fingerprint density at radius 1 is 1.21 bits per heavy atom. The van der Waals surface area contributed by atoms with Gasteiger partial charge in [-0.3, -0.25) is 14.4 Å². The maximum Gasteiger partial charge on any atom is 0.262 e. The number of hydrogen-bond donors (Lipinski definition) is 1. The van der Waals surface area contributed by atoms with Crippen molar-refractivity contribution in [2.24, 2.45) is 0 Å². The summed E-state index contributed by atoms with van der Waals surface area (Å²) < 4.78 is 5.66. The van der Waals surface area contributed by atoms with Crippen LogP contribution in [0.15, 0.2) is 36.4 Å². The van der Waals surface area contributed by atoms with Crippen LogP contribution in [0.5, 0.6) is 5.75 Å². The Hall–Kier alpha value is -3.15. The summed E-state index contributed by atoms with van der Waals surface area (Å²) in [6, 6.07) is 10.4. The number of benzene rings is 2. The Labute approximate surface area is 164 Å². The molecule has 0 saturated heterocycles. The van der Waals surface area contributed by atoms with Crippen LogP contribution < -0.4 is 10.1 Å². The van der Waals surface area contributed by atoms with Crippen molar-refractivity contribution >= 4 is 23.3 Å². The fourth-order valence-corrected chi connectivity index (χ4v) is 3.56. The largest absolute Gasteiger partial charge is 0.483 e. The number of ketones is 1. The zero-order valence-corrected chi connectivity index (χ0v) is 16.5. The molecule has 1 aliphatic carbocycles. The normalized spacial score (nSPS) is 15.1. The van der Waals surface area contributed by atoms with E-state index in [9.17, 15) is 14.4 Å². The minimum atomic E-state index is -0.359. The molecule has 2 amide bonds. The molecule has 1 unspecified atom stereocenters. The lowest BCUT2D eigenvalue weighted by Gasteiger charge is -2.14.